The molecule has 0 unspecified atom stereocenters. The average molecular weight is 589 g/mol. The minimum absolute atomic E-state index is 0.279. The summed E-state index contributed by atoms with van der Waals surface area (Å²) in [6.07, 6.45) is 0.944. The monoisotopic (exact) mass is 588 g/mol. The molecular formula is C35H29FN4O4. The number of aromatic amines is 1. The number of ether oxygens (including phenoxy) is 1. The Labute approximate surface area is 253 Å². The smallest absolute Gasteiger partial charge is 0.332 e. The number of urea groups is 1. The third-order valence-electron chi connectivity index (χ3n) is 8.46. The number of carbonyl (C=O) groups excluding carboxylic acids is 3. The molecule has 1 fully saturated rings. The van der Waals surface area contributed by atoms with E-state index in [-0.39, 0.29) is 17.6 Å². The van der Waals surface area contributed by atoms with Gasteiger partial charge >= 0.3 is 6.03 Å². The third kappa shape index (κ3) is 4.66. The number of para-hydroxylation sites is 1. The van der Waals surface area contributed by atoms with Gasteiger partial charge in [-0.3, -0.25) is 14.5 Å². The highest BCUT2D eigenvalue weighted by Crippen LogP contribution is 2.45. The van der Waals surface area contributed by atoms with Crippen molar-refractivity contribution in [2.45, 2.75) is 24.9 Å². The van der Waals surface area contributed by atoms with Gasteiger partial charge in [0.05, 0.1) is 12.8 Å². The normalized spacial score (nSPS) is 17.5. The van der Waals surface area contributed by atoms with E-state index in [0.29, 0.717) is 36.4 Å². The number of amides is 4. The van der Waals surface area contributed by atoms with Crippen LogP contribution in [0.25, 0.3) is 10.9 Å². The Morgan fingerprint density at radius 3 is 2.52 bits per heavy atom. The van der Waals surface area contributed by atoms with Gasteiger partial charge in [-0.25, -0.2) is 14.1 Å². The molecule has 2 atom stereocenters. The lowest BCUT2D eigenvalue weighted by Gasteiger charge is -2.36. The summed E-state index contributed by atoms with van der Waals surface area (Å²) in [5.41, 5.74) is 5.40. The maximum absolute atomic E-state index is 14.1. The predicted octanol–water partition coefficient (Wildman–Crippen LogP) is 5.77. The maximum Gasteiger partial charge on any atom is 0.332 e. The Bertz CT molecular complexity index is 1900. The SMILES string of the molecule is COc1cccc([C@@H]2c3[nH]c4ccccc4c3C[C@H]3C(=O)N(c4ccc(C(=O)NCCc5ccc(F)cc5)cc4)C(=O)N23)c1. The summed E-state index contributed by atoms with van der Waals surface area (Å²) in [6, 6.07) is 26.5. The van der Waals surface area contributed by atoms with Crippen LogP contribution in [0.15, 0.2) is 97.1 Å². The van der Waals surface area contributed by atoms with Crippen LogP contribution in [0.5, 0.6) is 5.75 Å². The number of carbonyl (C=O) groups is 3. The molecule has 4 aromatic carbocycles. The van der Waals surface area contributed by atoms with Gasteiger partial charge in [-0.15, -0.1) is 0 Å². The Hall–Kier alpha value is -5.44. The highest BCUT2D eigenvalue weighted by Gasteiger charge is 2.53. The van der Waals surface area contributed by atoms with E-state index >= 15 is 0 Å². The van der Waals surface area contributed by atoms with E-state index in [1.54, 1.807) is 48.4 Å². The van der Waals surface area contributed by atoms with E-state index in [2.05, 4.69) is 10.3 Å². The van der Waals surface area contributed by atoms with Gasteiger partial charge in [0, 0.05) is 35.1 Å². The number of H-pyrrole nitrogens is 1. The van der Waals surface area contributed by atoms with Crippen LogP contribution in [0.2, 0.25) is 0 Å². The van der Waals surface area contributed by atoms with Crippen molar-refractivity contribution in [1.82, 2.24) is 15.2 Å². The first-order valence-electron chi connectivity index (χ1n) is 14.5. The van der Waals surface area contributed by atoms with Gasteiger partial charge in [-0.2, -0.15) is 0 Å². The molecule has 8 nitrogen and oxygen atoms in total. The minimum atomic E-state index is -0.695. The Morgan fingerprint density at radius 2 is 1.75 bits per heavy atom. The second kappa shape index (κ2) is 11.0. The molecule has 220 valence electrons. The van der Waals surface area contributed by atoms with Gasteiger partial charge in [0.15, 0.2) is 0 Å². The zero-order valence-electron chi connectivity index (χ0n) is 23.9. The molecule has 5 aromatic rings. The summed E-state index contributed by atoms with van der Waals surface area (Å²) >= 11 is 0. The number of hydrogen-bond acceptors (Lipinski definition) is 4. The molecule has 2 N–H and O–H groups in total. The lowest BCUT2D eigenvalue weighted by Crippen LogP contribution is -2.44. The molecule has 2 aliphatic heterocycles. The minimum Gasteiger partial charge on any atom is -0.497 e. The van der Waals surface area contributed by atoms with Crippen molar-refractivity contribution in [2.75, 3.05) is 18.6 Å². The number of nitrogens with zero attached hydrogens (tertiary/aromatic N) is 2. The molecule has 0 aliphatic carbocycles. The number of rotatable bonds is 7. The predicted molar refractivity (Wildman–Crippen MR) is 164 cm³/mol. The first-order valence-corrected chi connectivity index (χ1v) is 14.5. The van der Waals surface area contributed by atoms with Crippen LogP contribution in [0.3, 0.4) is 0 Å². The third-order valence-corrected chi connectivity index (χ3v) is 8.46. The van der Waals surface area contributed by atoms with Crippen LogP contribution in [0.4, 0.5) is 14.9 Å². The summed E-state index contributed by atoms with van der Waals surface area (Å²) in [5, 5.41) is 3.89. The van der Waals surface area contributed by atoms with E-state index in [1.807, 2.05) is 48.5 Å². The van der Waals surface area contributed by atoms with E-state index in [9.17, 15) is 18.8 Å². The molecule has 44 heavy (non-hydrogen) atoms. The molecule has 9 heteroatoms. The standard InChI is InChI=1S/C35H29FN4O4/c1-44-26-6-4-5-23(19-26)32-31-28(27-7-2-3-8-29(27)38-31)20-30-34(42)39(35(43)40(30)32)25-15-11-22(12-16-25)33(41)37-18-17-21-9-13-24(36)14-10-21/h2-16,19,30,32,38H,17-18,20H2,1H3,(H,37,41)/t30-,32+/m0/s1. The van der Waals surface area contributed by atoms with Crippen molar-refractivity contribution in [1.29, 1.82) is 0 Å². The van der Waals surface area contributed by atoms with Crippen molar-refractivity contribution in [2.24, 2.45) is 0 Å². The lowest BCUT2D eigenvalue weighted by atomic mass is 9.89. The molecular weight excluding hydrogens is 559 g/mol. The van der Waals surface area contributed by atoms with Gasteiger partial charge in [0.2, 0.25) is 0 Å². The quantitative estimate of drug-likeness (QED) is 0.236. The molecule has 7 rings (SSSR count). The number of anilines is 1. The molecule has 2 aliphatic rings. The molecule has 1 aromatic heterocycles. The van der Waals surface area contributed by atoms with Gasteiger partial charge in [0.25, 0.3) is 11.8 Å². The van der Waals surface area contributed by atoms with Crippen LogP contribution >= 0.6 is 0 Å². The topological polar surface area (TPSA) is 94.7 Å². The van der Waals surface area contributed by atoms with Gasteiger partial charge in [0.1, 0.15) is 23.7 Å². The molecule has 0 bridgehead atoms. The number of aromatic nitrogens is 1. The zero-order valence-corrected chi connectivity index (χ0v) is 23.9. The lowest BCUT2D eigenvalue weighted by molar-refractivity contribution is -0.120. The Kier molecular flexibility index (Phi) is 6.85. The van der Waals surface area contributed by atoms with Crippen molar-refractivity contribution in [3.8, 4) is 5.75 Å². The van der Waals surface area contributed by atoms with Crippen molar-refractivity contribution in [3.63, 3.8) is 0 Å². The van der Waals surface area contributed by atoms with Crippen molar-refractivity contribution < 1.29 is 23.5 Å². The molecule has 0 radical (unpaired) electrons. The summed E-state index contributed by atoms with van der Waals surface area (Å²) < 4.78 is 18.6. The average Bonchev–Trinajstić information content (AvgIpc) is 3.54. The number of imide groups is 1. The van der Waals surface area contributed by atoms with Crippen LogP contribution in [-0.4, -0.2) is 47.4 Å². The molecule has 0 spiro atoms. The van der Waals surface area contributed by atoms with Crippen molar-refractivity contribution >= 4 is 34.4 Å². The Morgan fingerprint density at radius 1 is 0.977 bits per heavy atom. The molecule has 0 saturated carbocycles. The second-order valence-electron chi connectivity index (χ2n) is 11.0. The fourth-order valence-corrected chi connectivity index (χ4v) is 6.31. The summed E-state index contributed by atoms with van der Waals surface area (Å²) in [6.45, 7) is 0.381. The largest absolute Gasteiger partial charge is 0.497 e. The molecule has 4 amide bonds. The van der Waals surface area contributed by atoms with Crippen LogP contribution in [-0.2, 0) is 17.6 Å². The number of methoxy groups -OCH3 is 1. The summed E-state index contributed by atoms with van der Waals surface area (Å²) in [5.74, 6) is -0.236. The van der Waals surface area contributed by atoms with E-state index in [0.717, 1.165) is 33.3 Å². The molecule has 3 heterocycles. The number of nitrogens with one attached hydrogen (secondary N) is 2. The number of fused-ring (bicyclic) bond motifs is 4. The second-order valence-corrected chi connectivity index (χ2v) is 11.0. The van der Waals surface area contributed by atoms with E-state index in [1.165, 1.54) is 17.0 Å². The number of hydrogen-bond donors (Lipinski definition) is 2. The fourth-order valence-electron chi connectivity index (χ4n) is 6.31. The van der Waals surface area contributed by atoms with Crippen molar-refractivity contribution in [3.05, 3.63) is 131 Å². The van der Waals surface area contributed by atoms with Gasteiger partial charge in [-0.05, 0) is 77.7 Å². The maximum atomic E-state index is 14.1. The van der Waals surface area contributed by atoms with Crippen LogP contribution in [0.1, 0.15) is 38.8 Å². The first-order chi connectivity index (χ1) is 21.4. The summed E-state index contributed by atoms with van der Waals surface area (Å²) in [4.78, 5) is 47.2. The van der Waals surface area contributed by atoms with Gasteiger partial charge in [-0.1, -0.05) is 42.5 Å². The number of benzene rings is 4. The van der Waals surface area contributed by atoms with Crippen LogP contribution in [0, 0.1) is 5.82 Å². The fraction of sp³-hybridized carbons (Fsp3) is 0.171. The molecule has 1 saturated heterocycles. The van der Waals surface area contributed by atoms with E-state index < -0.39 is 18.1 Å². The summed E-state index contributed by atoms with van der Waals surface area (Å²) in [7, 11) is 1.60. The van der Waals surface area contributed by atoms with Gasteiger partial charge < -0.3 is 15.0 Å². The Balaban J connectivity index is 1.16. The first kappa shape index (κ1) is 27.4. The zero-order chi connectivity index (χ0) is 30.4. The number of halogens is 1. The highest BCUT2D eigenvalue weighted by molar-refractivity contribution is 6.22. The highest BCUT2D eigenvalue weighted by atomic mass is 19.1. The van der Waals surface area contributed by atoms with E-state index in [4.69, 9.17) is 4.74 Å². The van der Waals surface area contributed by atoms with Crippen LogP contribution < -0.4 is 15.0 Å².